The van der Waals surface area contributed by atoms with Crippen molar-refractivity contribution in [3.8, 4) is 11.5 Å². The predicted octanol–water partition coefficient (Wildman–Crippen LogP) is 4.33. The zero-order chi connectivity index (χ0) is 23.3. The smallest absolute Gasteiger partial charge is 0.343 e. The second-order valence-corrected chi connectivity index (χ2v) is 7.04. The van der Waals surface area contributed by atoms with E-state index in [1.54, 1.807) is 12.1 Å². The molecule has 0 bridgehead atoms. The molecule has 0 unspecified atom stereocenters. The molecule has 0 heterocycles. The van der Waals surface area contributed by atoms with Crippen molar-refractivity contribution in [3.63, 3.8) is 0 Å². The van der Waals surface area contributed by atoms with Gasteiger partial charge in [0.05, 0.1) is 16.8 Å². The molecule has 7 heteroatoms. The number of carbonyl (C=O) groups excluding carboxylic acids is 4. The summed E-state index contributed by atoms with van der Waals surface area (Å²) in [6, 6.07) is 19.0. The third-order valence-corrected chi connectivity index (χ3v) is 4.52. The number of benzene rings is 3. The summed E-state index contributed by atoms with van der Waals surface area (Å²) in [6.45, 7) is 4.51. The molecule has 0 saturated heterocycles. The van der Waals surface area contributed by atoms with Gasteiger partial charge in [0.2, 0.25) is 11.8 Å². The van der Waals surface area contributed by atoms with Gasteiger partial charge in [-0.1, -0.05) is 17.7 Å². The van der Waals surface area contributed by atoms with Crippen LogP contribution in [0, 0.1) is 6.92 Å². The average molecular weight is 431 g/mol. The van der Waals surface area contributed by atoms with Gasteiger partial charge in [0.15, 0.2) is 0 Å². The third kappa shape index (κ3) is 5.46. The molecule has 0 aliphatic carbocycles. The van der Waals surface area contributed by atoms with E-state index in [-0.39, 0.29) is 11.3 Å². The highest BCUT2D eigenvalue weighted by Crippen LogP contribution is 2.21. The molecule has 0 aliphatic heterocycles. The first-order valence-corrected chi connectivity index (χ1v) is 9.77. The van der Waals surface area contributed by atoms with E-state index in [1.165, 1.54) is 62.4 Å². The number of amides is 2. The van der Waals surface area contributed by atoms with E-state index in [2.05, 4.69) is 0 Å². The molecular formula is C25H21NO6. The van der Waals surface area contributed by atoms with Crippen molar-refractivity contribution >= 4 is 29.4 Å². The van der Waals surface area contributed by atoms with Crippen LogP contribution in [0.3, 0.4) is 0 Å². The van der Waals surface area contributed by atoms with E-state index >= 15 is 0 Å². The van der Waals surface area contributed by atoms with Gasteiger partial charge in [-0.2, -0.15) is 0 Å². The summed E-state index contributed by atoms with van der Waals surface area (Å²) < 4.78 is 10.6. The Bertz CT molecular complexity index is 1130. The monoisotopic (exact) mass is 431 g/mol. The van der Waals surface area contributed by atoms with Gasteiger partial charge in [-0.25, -0.2) is 9.59 Å². The van der Waals surface area contributed by atoms with E-state index in [1.807, 2.05) is 19.1 Å². The Labute approximate surface area is 185 Å². The summed E-state index contributed by atoms with van der Waals surface area (Å²) in [6.07, 6.45) is 0. The lowest BCUT2D eigenvalue weighted by atomic mass is 10.1. The van der Waals surface area contributed by atoms with Crippen LogP contribution in [0.15, 0.2) is 72.8 Å². The Kier molecular flexibility index (Phi) is 6.80. The summed E-state index contributed by atoms with van der Waals surface area (Å²) in [4.78, 5) is 48.9. The summed E-state index contributed by atoms with van der Waals surface area (Å²) in [5.74, 6) is -1.31. The second-order valence-electron chi connectivity index (χ2n) is 7.04. The quantitative estimate of drug-likeness (QED) is 0.441. The third-order valence-electron chi connectivity index (χ3n) is 4.52. The van der Waals surface area contributed by atoms with E-state index in [0.29, 0.717) is 17.0 Å². The van der Waals surface area contributed by atoms with E-state index in [4.69, 9.17) is 9.47 Å². The molecule has 0 aliphatic rings. The van der Waals surface area contributed by atoms with Gasteiger partial charge in [0.25, 0.3) is 0 Å². The van der Waals surface area contributed by atoms with Gasteiger partial charge in [0, 0.05) is 13.8 Å². The highest BCUT2D eigenvalue weighted by Gasteiger charge is 2.17. The number of hydrogen-bond acceptors (Lipinski definition) is 6. The average Bonchev–Trinajstić information content (AvgIpc) is 2.76. The molecule has 0 fully saturated rings. The van der Waals surface area contributed by atoms with Crippen molar-refractivity contribution in [2.24, 2.45) is 0 Å². The lowest BCUT2D eigenvalue weighted by molar-refractivity contribution is -0.124. The molecule has 0 atom stereocenters. The van der Waals surface area contributed by atoms with Crippen LogP contribution in [0.5, 0.6) is 11.5 Å². The van der Waals surface area contributed by atoms with Crippen LogP contribution in [0.4, 0.5) is 5.69 Å². The Balaban J connectivity index is 1.64. The number of hydrogen-bond donors (Lipinski definition) is 0. The zero-order valence-electron chi connectivity index (χ0n) is 17.8. The first kappa shape index (κ1) is 22.4. The summed E-state index contributed by atoms with van der Waals surface area (Å²) in [7, 11) is 0. The fraction of sp³-hybridized carbons (Fsp3) is 0.120. The van der Waals surface area contributed by atoms with Gasteiger partial charge in [-0.3, -0.25) is 14.5 Å². The summed E-state index contributed by atoms with van der Waals surface area (Å²) in [5.41, 5.74) is 1.97. The van der Waals surface area contributed by atoms with Gasteiger partial charge >= 0.3 is 11.9 Å². The van der Waals surface area contributed by atoms with Crippen molar-refractivity contribution < 1.29 is 28.7 Å². The van der Waals surface area contributed by atoms with Crippen molar-refractivity contribution in [1.82, 2.24) is 0 Å². The van der Waals surface area contributed by atoms with Crippen LogP contribution in [0.2, 0.25) is 0 Å². The van der Waals surface area contributed by atoms with E-state index in [0.717, 1.165) is 10.5 Å². The lowest BCUT2D eigenvalue weighted by Crippen LogP contribution is -2.32. The second kappa shape index (κ2) is 9.70. The number of imide groups is 1. The number of esters is 2. The molecule has 0 saturated carbocycles. The standard InChI is InChI=1S/C25H21NO6/c1-16-4-12-22(13-5-16)31-24(29)19-6-8-20(9-7-19)25(30)32-23-14-10-21(11-15-23)26(17(2)27)18(3)28/h4-15H,1-3H3. The molecule has 0 radical (unpaired) electrons. The number of carbonyl (C=O) groups is 4. The molecule has 32 heavy (non-hydrogen) atoms. The first-order valence-electron chi connectivity index (χ1n) is 9.77. The highest BCUT2D eigenvalue weighted by atomic mass is 16.5. The lowest BCUT2D eigenvalue weighted by Gasteiger charge is -2.17. The van der Waals surface area contributed by atoms with Gasteiger partial charge in [-0.15, -0.1) is 0 Å². The largest absolute Gasteiger partial charge is 0.423 e. The molecule has 0 N–H and O–H groups in total. The highest BCUT2D eigenvalue weighted by molar-refractivity contribution is 6.13. The van der Waals surface area contributed by atoms with Crippen LogP contribution < -0.4 is 14.4 Å². The molecule has 0 aromatic heterocycles. The number of aryl methyl sites for hydroxylation is 1. The van der Waals surface area contributed by atoms with Crippen LogP contribution >= 0.6 is 0 Å². The predicted molar refractivity (Wildman–Crippen MR) is 118 cm³/mol. The number of anilines is 1. The molecule has 0 spiro atoms. The first-order chi connectivity index (χ1) is 15.2. The Hall–Kier alpha value is -4.26. The fourth-order valence-corrected chi connectivity index (χ4v) is 2.93. The molecule has 7 nitrogen and oxygen atoms in total. The number of rotatable bonds is 5. The van der Waals surface area contributed by atoms with Gasteiger partial charge < -0.3 is 9.47 Å². The maximum Gasteiger partial charge on any atom is 0.343 e. The molecular weight excluding hydrogens is 410 g/mol. The number of ether oxygens (including phenoxy) is 2. The number of nitrogens with zero attached hydrogens (tertiary/aromatic N) is 1. The minimum absolute atomic E-state index is 0.244. The van der Waals surface area contributed by atoms with Crippen molar-refractivity contribution in [2.75, 3.05) is 4.90 Å². The Morgan fingerprint density at radius 2 is 0.969 bits per heavy atom. The van der Waals surface area contributed by atoms with E-state index in [9.17, 15) is 19.2 Å². The maximum atomic E-state index is 12.4. The van der Waals surface area contributed by atoms with Gasteiger partial charge in [0.1, 0.15) is 11.5 Å². The maximum absolute atomic E-state index is 12.4. The van der Waals surface area contributed by atoms with Crippen molar-refractivity contribution in [3.05, 3.63) is 89.5 Å². The van der Waals surface area contributed by atoms with Crippen LogP contribution in [-0.2, 0) is 9.59 Å². The Morgan fingerprint density at radius 3 is 1.34 bits per heavy atom. The fourth-order valence-electron chi connectivity index (χ4n) is 2.93. The minimum atomic E-state index is -0.619. The normalized spacial score (nSPS) is 10.2. The molecule has 3 aromatic rings. The summed E-state index contributed by atoms with van der Waals surface area (Å²) >= 11 is 0. The molecule has 3 aromatic carbocycles. The molecule has 2 amide bonds. The zero-order valence-corrected chi connectivity index (χ0v) is 17.8. The minimum Gasteiger partial charge on any atom is -0.423 e. The van der Waals surface area contributed by atoms with Crippen LogP contribution in [0.25, 0.3) is 0 Å². The van der Waals surface area contributed by atoms with Crippen LogP contribution in [-0.4, -0.2) is 23.8 Å². The van der Waals surface area contributed by atoms with Crippen molar-refractivity contribution in [1.29, 1.82) is 0 Å². The van der Waals surface area contributed by atoms with Crippen molar-refractivity contribution in [2.45, 2.75) is 20.8 Å². The van der Waals surface area contributed by atoms with E-state index < -0.39 is 23.8 Å². The molecule has 162 valence electrons. The Morgan fingerprint density at radius 1 is 0.594 bits per heavy atom. The van der Waals surface area contributed by atoms with Gasteiger partial charge in [-0.05, 0) is 67.6 Å². The summed E-state index contributed by atoms with van der Waals surface area (Å²) in [5, 5.41) is 0. The van der Waals surface area contributed by atoms with Crippen LogP contribution in [0.1, 0.15) is 40.1 Å². The molecule has 3 rings (SSSR count). The SMILES string of the molecule is CC(=O)N(C(C)=O)c1ccc(OC(=O)c2ccc(C(=O)Oc3ccc(C)cc3)cc2)cc1. The topological polar surface area (TPSA) is 90.0 Å².